The molecule has 1 atom stereocenters. The highest BCUT2D eigenvalue weighted by atomic mass is 16.5. The van der Waals surface area contributed by atoms with E-state index in [0.717, 1.165) is 54.8 Å². The maximum Gasteiger partial charge on any atom is 0.137 e. The number of nitrogens with one attached hydrogen (secondary N) is 2. The summed E-state index contributed by atoms with van der Waals surface area (Å²) in [5.41, 5.74) is 7.08. The molecular formula is C24H26N4O. The van der Waals surface area contributed by atoms with Crippen molar-refractivity contribution in [2.24, 2.45) is 0 Å². The second-order valence-electron chi connectivity index (χ2n) is 8.15. The van der Waals surface area contributed by atoms with Crippen LogP contribution in [0.2, 0.25) is 0 Å². The topological polar surface area (TPSA) is 73.7 Å². The summed E-state index contributed by atoms with van der Waals surface area (Å²) in [5, 5.41) is 13.8. The predicted octanol–water partition coefficient (Wildman–Crippen LogP) is 4.61. The van der Waals surface area contributed by atoms with Crippen LogP contribution in [-0.4, -0.2) is 29.7 Å². The van der Waals surface area contributed by atoms with Gasteiger partial charge in [0.05, 0.1) is 12.5 Å². The minimum Gasteiger partial charge on any atom is -0.381 e. The molecule has 5 heteroatoms. The van der Waals surface area contributed by atoms with Gasteiger partial charge in [-0.3, -0.25) is 0 Å². The van der Waals surface area contributed by atoms with E-state index in [1.165, 1.54) is 29.5 Å². The Kier molecular flexibility index (Phi) is 5.05. The highest BCUT2D eigenvalue weighted by Crippen LogP contribution is 2.37. The van der Waals surface area contributed by atoms with Crippen LogP contribution in [0.25, 0.3) is 22.2 Å². The van der Waals surface area contributed by atoms with E-state index in [2.05, 4.69) is 45.6 Å². The van der Waals surface area contributed by atoms with Crippen molar-refractivity contribution in [3.63, 3.8) is 0 Å². The number of pyridine rings is 1. The van der Waals surface area contributed by atoms with E-state index < -0.39 is 0 Å². The molecule has 0 bridgehead atoms. The van der Waals surface area contributed by atoms with E-state index in [0.29, 0.717) is 18.4 Å². The van der Waals surface area contributed by atoms with Gasteiger partial charge in [-0.05, 0) is 72.5 Å². The van der Waals surface area contributed by atoms with E-state index in [-0.39, 0.29) is 0 Å². The number of aromatic nitrogens is 2. The van der Waals surface area contributed by atoms with Crippen molar-refractivity contribution in [3.8, 4) is 17.2 Å². The second-order valence-corrected chi connectivity index (χ2v) is 8.15. The number of nitriles is 1. The van der Waals surface area contributed by atoms with Crippen LogP contribution in [-0.2, 0) is 11.2 Å². The summed E-state index contributed by atoms with van der Waals surface area (Å²) in [6.07, 6.45) is 8.86. The first-order chi connectivity index (χ1) is 14.3. The SMILES string of the molecule is N#CCc1c[nH]c2ncc(-c3ccc(C4CCOCC4)c(C4CCCN4)c3)cc12. The van der Waals surface area contributed by atoms with E-state index in [1.54, 1.807) is 0 Å². The largest absolute Gasteiger partial charge is 0.381 e. The zero-order valence-corrected chi connectivity index (χ0v) is 16.6. The zero-order valence-electron chi connectivity index (χ0n) is 16.6. The highest BCUT2D eigenvalue weighted by Gasteiger charge is 2.25. The monoisotopic (exact) mass is 386 g/mol. The van der Waals surface area contributed by atoms with Crippen LogP contribution in [0.5, 0.6) is 0 Å². The molecule has 2 aliphatic rings. The fraction of sp³-hybridized carbons (Fsp3) is 0.417. The first kappa shape index (κ1) is 18.4. The van der Waals surface area contributed by atoms with Crippen molar-refractivity contribution in [1.82, 2.24) is 15.3 Å². The van der Waals surface area contributed by atoms with E-state index in [1.807, 2.05) is 12.4 Å². The lowest BCUT2D eigenvalue weighted by Crippen LogP contribution is -2.19. The third-order valence-electron chi connectivity index (χ3n) is 6.40. The number of ether oxygens (including phenoxy) is 1. The molecule has 29 heavy (non-hydrogen) atoms. The number of hydrogen-bond donors (Lipinski definition) is 2. The van der Waals surface area contributed by atoms with Crippen molar-refractivity contribution in [1.29, 1.82) is 5.26 Å². The van der Waals surface area contributed by atoms with Crippen molar-refractivity contribution in [2.75, 3.05) is 19.8 Å². The fourth-order valence-electron chi connectivity index (χ4n) is 4.83. The number of hydrogen-bond acceptors (Lipinski definition) is 4. The van der Waals surface area contributed by atoms with Crippen molar-refractivity contribution >= 4 is 11.0 Å². The summed E-state index contributed by atoms with van der Waals surface area (Å²) < 4.78 is 5.59. The molecule has 2 saturated heterocycles. The maximum absolute atomic E-state index is 9.10. The molecule has 0 amide bonds. The van der Waals surface area contributed by atoms with Crippen molar-refractivity contribution in [3.05, 3.63) is 53.3 Å². The number of rotatable bonds is 4. The average Bonchev–Trinajstić information content (AvgIpc) is 3.45. The molecule has 2 fully saturated rings. The van der Waals surface area contributed by atoms with Gasteiger partial charge in [-0.1, -0.05) is 12.1 Å². The quantitative estimate of drug-likeness (QED) is 0.686. The van der Waals surface area contributed by atoms with Crippen LogP contribution in [0.15, 0.2) is 36.7 Å². The van der Waals surface area contributed by atoms with Crippen molar-refractivity contribution < 1.29 is 4.74 Å². The second kappa shape index (κ2) is 7.98. The van der Waals surface area contributed by atoms with Gasteiger partial charge in [0.15, 0.2) is 0 Å². The van der Waals surface area contributed by atoms with Gasteiger partial charge in [0.2, 0.25) is 0 Å². The van der Waals surface area contributed by atoms with Crippen LogP contribution in [0.1, 0.15) is 54.3 Å². The normalized spacial score (nSPS) is 20.2. The van der Waals surface area contributed by atoms with Crippen LogP contribution in [0.4, 0.5) is 0 Å². The van der Waals surface area contributed by atoms with Crippen molar-refractivity contribution in [2.45, 2.75) is 44.1 Å². The van der Waals surface area contributed by atoms with Gasteiger partial charge in [0.1, 0.15) is 5.65 Å². The molecule has 3 aromatic rings. The number of aromatic amines is 1. The summed E-state index contributed by atoms with van der Waals surface area (Å²) in [4.78, 5) is 7.78. The number of benzene rings is 1. The highest BCUT2D eigenvalue weighted by molar-refractivity contribution is 5.85. The van der Waals surface area contributed by atoms with Crippen LogP contribution in [0, 0.1) is 11.3 Å². The van der Waals surface area contributed by atoms with Crippen LogP contribution < -0.4 is 5.32 Å². The third kappa shape index (κ3) is 3.55. The molecule has 5 nitrogen and oxygen atoms in total. The lowest BCUT2D eigenvalue weighted by atomic mass is 9.84. The molecule has 2 aromatic heterocycles. The number of fused-ring (bicyclic) bond motifs is 1. The van der Waals surface area contributed by atoms with E-state index >= 15 is 0 Å². The first-order valence-corrected chi connectivity index (χ1v) is 10.6. The fourth-order valence-corrected chi connectivity index (χ4v) is 4.83. The minimum atomic E-state index is 0.394. The molecule has 0 saturated carbocycles. The summed E-state index contributed by atoms with van der Waals surface area (Å²) >= 11 is 0. The Balaban J connectivity index is 1.56. The van der Waals surface area contributed by atoms with Crippen LogP contribution >= 0.6 is 0 Å². The summed E-state index contributed by atoms with van der Waals surface area (Å²) in [6.45, 7) is 2.82. The molecule has 0 radical (unpaired) electrons. The maximum atomic E-state index is 9.10. The van der Waals surface area contributed by atoms with Gasteiger partial charge >= 0.3 is 0 Å². The Morgan fingerprint density at radius 2 is 2.00 bits per heavy atom. The van der Waals surface area contributed by atoms with Gasteiger partial charge in [-0.25, -0.2) is 4.98 Å². The first-order valence-electron chi connectivity index (χ1n) is 10.6. The Morgan fingerprint density at radius 1 is 1.10 bits per heavy atom. The predicted molar refractivity (Wildman–Crippen MR) is 114 cm³/mol. The smallest absolute Gasteiger partial charge is 0.137 e. The summed E-state index contributed by atoms with van der Waals surface area (Å²) in [7, 11) is 0. The lowest BCUT2D eigenvalue weighted by Gasteiger charge is -2.27. The number of nitrogens with zero attached hydrogens (tertiary/aromatic N) is 2. The third-order valence-corrected chi connectivity index (χ3v) is 6.40. The Bertz CT molecular complexity index is 1050. The molecule has 0 aliphatic carbocycles. The molecular weight excluding hydrogens is 360 g/mol. The van der Waals surface area contributed by atoms with E-state index in [4.69, 9.17) is 10.00 Å². The van der Waals surface area contributed by atoms with E-state index in [9.17, 15) is 0 Å². The molecule has 5 rings (SSSR count). The average molecular weight is 386 g/mol. The van der Waals surface area contributed by atoms with Gasteiger partial charge in [-0.15, -0.1) is 0 Å². The Hall–Kier alpha value is -2.68. The molecule has 2 N–H and O–H groups in total. The Labute approximate surface area is 171 Å². The van der Waals surface area contributed by atoms with Gasteiger partial charge in [-0.2, -0.15) is 5.26 Å². The zero-order chi connectivity index (χ0) is 19.6. The molecule has 1 unspecified atom stereocenters. The minimum absolute atomic E-state index is 0.394. The molecule has 1 aromatic carbocycles. The van der Waals surface area contributed by atoms with Gasteiger partial charge in [0, 0.05) is 42.6 Å². The Morgan fingerprint density at radius 3 is 2.79 bits per heavy atom. The van der Waals surface area contributed by atoms with Gasteiger partial charge < -0.3 is 15.0 Å². The summed E-state index contributed by atoms with van der Waals surface area (Å²) in [6, 6.07) is 11.8. The van der Waals surface area contributed by atoms with Crippen LogP contribution in [0.3, 0.4) is 0 Å². The van der Waals surface area contributed by atoms with Gasteiger partial charge in [0.25, 0.3) is 0 Å². The lowest BCUT2D eigenvalue weighted by molar-refractivity contribution is 0.0851. The molecule has 2 aliphatic heterocycles. The number of H-pyrrole nitrogens is 1. The molecule has 0 spiro atoms. The molecule has 4 heterocycles. The summed E-state index contributed by atoms with van der Waals surface area (Å²) in [5.74, 6) is 0.586. The standard InChI is InChI=1S/C24H26N4O/c25-8-5-18-14-27-24-21(18)13-19(15-28-24)17-3-4-20(16-6-10-29-11-7-16)22(12-17)23-2-1-9-26-23/h3-4,12-16,23,26H,1-2,5-7,9-11H2,(H,27,28). The molecule has 148 valence electrons.